The van der Waals surface area contributed by atoms with Crippen molar-refractivity contribution in [2.24, 2.45) is 5.92 Å². The highest BCUT2D eigenvalue weighted by molar-refractivity contribution is 5.92. The second-order valence-electron chi connectivity index (χ2n) is 5.09. The lowest BCUT2D eigenvalue weighted by Gasteiger charge is -2.22. The molecule has 6 heteroatoms. The Morgan fingerprint density at radius 2 is 2.35 bits per heavy atom. The molecule has 1 amide bonds. The maximum Gasteiger partial charge on any atom is 0.271 e. The van der Waals surface area contributed by atoms with Crippen molar-refractivity contribution in [2.75, 3.05) is 31.5 Å². The summed E-state index contributed by atoms with van der Waals surface area (Å²) in [5, 5.41) is 17.3. The van der Waals surface area contributed by atoms with E-state index in [0.717, 1.165) is 37.8 Å². The molecule has 0 aromatic carbocycles. The van der Waals surface area contributed by atoms with Crippen LogP contribution in [0.25, 0.3) is 0 Å². The number of carbonyl (C=O) groups is 1. The number of amides is 1. The molecule has 1 unspecified atom stereocenters. The average molecular weight is 277 g/mol. The summed E-state index contributed by atoms with van der Waals surface area (Å²) in [5.74, 6) is 1.29. The van der Waals surface area contributed by atoms with Crippen LogP contribution in [0, 0.1) is 5.92 Å². The molecule has 110 valence electrons. The molecule has 0 bridgehead atoms. The Morgan fingerprint density at radius 1 is 1.45 bits per heavy atom. The van der Waals surface area contributed by atoms with Gasteiger partial charge in [-0.2, -0.15) is 0 Å². The van der Waals surface area contributed by atoms with Gasteiger partial charge in [-0.05, 0) is 57.3 Å². The van der Waals surface area contributed by atoms with Gasteiger partial charge in [0.15, 0.2) is 5.69 Å². The van der Waals surface area contributed by atoms with Gasteiger partial charge in [0.2, 0.25) is 0 Å². The number of hydrogen-bond donors (Lipinski definition) is 3. The van der Waals surface area contributed by atoms with Crippen LogP contribution in [0.3, 0.4) is 0 Å². The number of piperidine rings is 1. The second kappa shape index (κ2) is 7.79. The van der Waals surface area contributed by atoms with E-state index in [2.05, 4.69) is 26.1 Å². The summed E-state index contributed by atoms with van der Waals surface area (Å²) in [5.41, 5.74) is 0.355. The van der Waals surface area contributed by atoms with Gasteiger partial charge in [-0.25, -0.2) is 0 Å². The van der Waals surface area contributed by atoms with Crippen molar-refractivity contribution >= 4 is 11.7 Å². The zero-order valence-electron chi connectivity index (χ0n) is 12.0. The number of nitrogens with zero attached hydrogens (tertiary/aromatic N) is 2. The van der Waals surface area contributed by atoms with E-state index in [-0.39, 0.29) is 5.91 Å². The van der Waals surface area contributed by atoms with E-state index in [1.54, 1.807) is 12.1 Å². The van der Waals surface area contributed by atoms with Gasteiger partial charge in [0.25, 0.3) is 5.91 Å². The van der Waals surface area contributed by atoms with Crippen molar-refractivity contribution < 1.29 is 4.79 Å². The van der Waals surface area contributed by atoms with E-state index in [1.807, 2.05) is 6.92 Å². The predicted octanol–water partition coefficient (Wildman–Crippen LogP) is 1.03. The number of anilines is 1. The largest absolute Gasteiger partial charge is 0.369 e. The SMILES string of the molecule is CCNC(=O)c1ccc(NCCC2CCCNC2)nn1. The second-order valence-corrected chi connectivity index (χ2v) is 5.09. The summed E-state index contributed by atoms with van der Waals surface area (Å²) in [6.07, 6.45) is 3.70. The van der Waals surface area contributed by atoms with Gasteiger partial charge < -0.3 is 16.0 Å². The molecule has 1 fully saturated rings. The van der Waals surface area contributed by atoms with Crippen LogP contribution in [0.5, 0.6) is 0 Å². The molecule has 1 aromatic heterocycles. The van der Waals surface area contributed by atoms with Gasteiger partial charge >= 0.3 is 0 Å². The van der Waals surface area contributed by atoms with Crippen molar-refractivity contribution in [1.82, 2.24) is 20.8 Å². The molecule has 2 heterocycles. The number of carbonyl (C=O) groups excluding carboxylic acids is 1. The quantitative estimate of drug-likeness (QED) is 0.724. The molecule has 20 heavy (non-hydrogen) atoms. The maximum atomic E-state index is 11.5. The number of rotatable bonds is 6. The molecular formula is C14H23N5O. The lowest BCUT2D eigenvalue weighted by Crippen LogP contribution is -2.30. The highest BCUT2D eigenvalue weighted by atomic mass is 16.1. The third kappa shape index (κ3) is 4.45. The topological polar surface area (TPSA) is 78.9 Å². The first-order valence-corrected chi connectivity index (χ1v) is 7.36. The van der Waals surface area contributed by atoms with E-state index >= 15 is 0 Å². The standard InChI is InChI=1S/C14H23N5O/c1-2-16-14(20)12-5-6-13(19-18-12)17-9-7-11-4-3-8-15-10-11/h5-6,11,15H,2-4,7-10H2,1H3,(H,16,20)(H,17,19). The Kier molecular flexibility index (Phi) is 5.73. The summed E-state index contributed by atoms with van der Waals surface area (Å²) in [6.45, 7) is 5.62. The third-order valence-electron chi connectivity index (χ3n) is 3.49. The minimum atomic E-state index is -0.181. The lowest BCUT2D eigenvalue weighted by atomic mass is 9.96. The van der Waals surface area contributed by atoms with Crippen LogP contribution < -0.4 is 16.0 Å². The van der Waals surface area contributed by atoms with E-state index < -0.39 is 0 Å². The molecule has 1 saturated heterocycles. The first-order chi connectivity index (χ1) is 9.79. The molecule has 6 nitrogen and oxygen atoms in total. The zero-order valence-corrected chi connectivity index (χ0v) is 12.0. The summed E-state index contributed by atoms with van der Waals surface area (Å²) in [7, 11) is 0. The first-order valence-electron chi connectivity index (χ1n) is 7.36. The van der Waals surface area contributed by atoms with Gasteiger partial charge in [-0.15, -0.1) is 10.2 Å². The lowest BCUT2D eigenvalue weighted by molar-refractivity contribution is 0.0950. The average Bonchev–Trinajstić information content (AvgIpc) is 2.49. The fourth-order valence-electron chi connectivity index (χ4n) is 2.37. The van der Waals surface area contributed by atoms with Crippen LogP contribution in [0.1, 0.15) is 36.7 Å². The van der Waals surface area contributed by atoms with E-state index in [1.165, 1.54) is 12.8 Å². The molecule has 3 N–H and O–H groups in total. The summed E-state index contributed by atoms with van der Waals surface area (Å²) in [6, 6.07) is 3.50. The minimum absolute atomic E-state index is 0.181. The fraction of sp³-hybridized carbons (Fsp3) is 0.643. The molecule has 1 aliphatic heterocycles. The van der Waals surface area contributed by atoms with Crippen LogP contribution in [0.4, 0.5) is 5.82 Å². The Labute approximate surface area is 119 Å². The van der Waals surface area contributed by atoms with Gasteiger partial charge in [0, 0.05) is 13.1 Å². The first kappa shape index (κ1) is 14.7. The normalized spacial score (nSPS) is 18.6. The summed E-state index contributed by atoms with van der Waals surface area (Å²) < 4.78 is 0. The van der Waals surface area contributed by atoms with Crippen molar-refractivity contribution in [3.8, 4) is 0 Å². The van der Waals surface area contributed by atoms with Crippen molar-refractivity contribution in [2.45, 2.75) is 26.2 Å². The molecule has 0 saturated carbocycles. The maximum absolute atomic E-state index is 11.5. The van der Waals surface area contributed by atoms with Crippen LogP contribution >= 0.6 is 0 Å². The van der Waals surface area contributed by atoms with Gasteiger partial charge in [-0.3, -0.25) is 4.79 Å². The Balaban J connectivity index is 1.74. The van der Waals surface area contributed by atoms with Crippen LogP contribution in [-0.4, -0.2) is 42.3 Å². The molecule has 0 aliphatic carbocycles. The molecule has 1 atom stereocenters. The van der Waals surface area contributed by atoms with E-state index in [0.29, 0.717) is 12.2 Å². The van der Waals surface area contributed by atoms with Gasteiger partial charge in [-0.1, -0.05) is 0 Å². The molecule has 0 spiro atoms. The Bertz CT molecular complexity index is 414. The fourth-order valence-corrected chi connectivity index (χ4v) is 2.37. The molecule has 2 rings (SSSR count). The van der Waals surface area contributed by atoms with Gasteiger partial charge in [0.1, 0.15) is 5.82 Å². The highest BCUT2D eigenvalue weighted by Gasteiger charge is 2.12. The Hall–Kier alpha value is -1.69. The molecule has 0 radical (unpaired) electrons. The monoisotopic (exact) mass is 277 g/mol. The predicted molar refractivity (Wildman–Crippen MR) is 78.7 cm³/mol. The van der Waals surface area contributed by atoms with Crippen LogP contribution in [-0.2, 0) is 0 Å². The van der Waals surface area contributed by atoms with Gasteiger partial charge in [0.05, 0.1) is 0 Å². The van der Waals surface area contributed by atoms with Crippen molar-refractivity contribution in [3.63, 3.8) is 0 Å². The molecule has 1 aromatic rings. The molecule has 1 aliphatic rings. The van der Waals surface area contributed by atoms with E-state index in [4.69, 9.17) is 0 Å². The summed E-state index contributed by atoms with van der Waals surface area (Å²) >= 11 is 0. The number of aromatic nitrogens is 2. The van der Waals surface area contributed by atoms with Crippen molar-refractivity contribution in [3.05, 3.63) is 17.8 Å². The Morgan fingerprint density at radius 3 is 3.00 bits per heavy atom. The number of nitrogens with one attached hydrogen (secondary N) is 3. The van der Waals surface area contributed by atoms with Crippen LogP contribution in [0.2, 0.25) is 0 Å². The number of hydrogen-bond acceptors (Lipinski definition) is 5. The third-order valence-corrected chi connectivity index (χ3v) is 3.49. The highest BCUT2D eigenvalue weighted by Crippen LogP contribution is 2.14. The zero-order chi connectivity index (χ0) is 14.2. The van der Waals surface area contributed by atoms with Crippen LogP contribution in [0.15, 0.2) is 12.1 Å². The minimum Gasteiger partial charge on any atom is -0.369 e. The summed E-state index contributed by atoms with van der Waals surface area (Å²) in [4.78, 5) is 11.5. The van der Waals surface area contributed by atoms with Crippen molar-refractivity contribution in [1.29, 1.82) is 0 Å². The molecular weight excluding hydrogens is 254 g/mol. The van der Waals surface area contributed by atoms with E-state index in [9.17, 15) is 4.79 Å². The smallest absolute Gasteiger partial charge is 0.271 e.